The Labute approximate surface area is 121 Å². The standard InChI is InChI=1S/C14H27N3O3/c1-4-5-15-6-8-16(9-7-15)14(20)17(10-12(2)3)11-13(18)19/h12H,4-11H2,1-3H3,(H,18,19). The van der Waals surface area contributed by atoms with E-state index < -0.39 is 5.97 Å². The molecule has 2 amide bonds. The summed E-state index contributed by atoms with van der Waals surface area (Å²) in [5.74, 6) is -0.691. The first-order chi connectivity index (χ1) is 9.43. The lowest BCUT2D eigenvalue weighted by Crippen LogP contribution is -2.54. The fraction of sp³-hybridized carbons (Fsp3) is 0.857. The molecule has 0 aromatic rings. The molecule has 1 aliphatic rings. The SMILES string of the molecule is CCCN1CCN(C(=O)N(CC(=O)O)CC(C)C)CC1. The van der Waals surface area contributed by atoms with Crippen LogP contribution < -0.4 is 0 Å². The zero-order valence-corrected chi connectivity index (χ0v) is 12.8. The van der Waals surface area contributed by atoms with E-state index in [0.29, 0.717) is 19.6 Å². The van der Waals surface area contributed by atoms with Crippen molar-refractivity contribution in [2.24, 2.45) is 5.92 Å². The molecule has 116 valence electrons. The molecule has 0 bridgehead atoms. The fourth-order valence-corrected chi connectivity index (χ4v) is 2.49. The number of aliphatic carboxylic acids is 1. The molecule has 6 heteroatoms. The van der Waals surface area contributed by atoms with E-state index in [1.54, 1.807) is 4.90 Å². The zero-order chi connectivity index (χ0) is 15.1. The van der Waals surface area contributed by atoms with Gasteiger partial charge in [0.25, 0.3) is 0 Å². The number of piperazine rings is 1. The van der Waals surface area contributed by atoms with Gasteiger partial charge in [-0.15, -0.1) is 0 Å². The van der Waals surface area contributed by atoms with Gasteiger partial charge in [-0.2, -0.15) is 0 Å². The summed E-state index contributed by atoms with van der Waals surface area (Å²) in [6.45, 7) is 10.6. The molecule has 0 aliphatic carbocycles. The summed E-state index contributed by atoms with van der Waals surface area (Å²) in [6.07, 6.45) is 1.12. The molecular formula is C14H27N3O3. The average Bonchev–Trinajstić information content (AvgIpc) is 2.37. The highest BCUT2D eigenvalue weighted by Gasteiger charge is 2.26. The van der Waals surface area contributed by atoms with Gasteiger partial charge < -0.3 is 14.9 Å². The first-order valence-corrected chi connectivity index (χ1v) is 7.42. The molecule has 0 unspecified atom stereocenters. The number of hydrogen-bond donors (Lipinski definition) is 1. The lowest BCUT2D eigenvalue weighted by atomic mass is 10.2. The Morgan fingerprint density at radius 3 is 2.25 bits per heavy atom. The van der Waals surface area contributed by atoms with Crippen LogP contribution >= 0.6 is 0 Å². The largest absolute Gasteiger partial charge is 0.480 e. The van der Waals surface area contributed by atoms with E-state index in [1.165, 1.54) is 4.90 Å². The average molecular weight is 285 g/mol. The summed E-state index contributed by atoms with van der Waals surface area (Å²) in [4.78, 5) is 28.9. The van der Waals surface area contributed by atoms with Crippen LogP contribution in [0.15, 0.2) is 0 Å². The molecule has 1 fully saturated rings. The van der Waals surface area contributed by atoms with Crippen molar-refractivity contribution in [3.05, 3.63) is 0 Å². The Hall–Kier alpha value is -1.30. The molecule has 0 atom stereocenters. The minimum atomic E-state index is -0.955. The third-order valence-corrected chi connectivity index (χ3v) is 3.36. The lowest BCUT2D eigenvalue weighted by molar-refractivity contribution is -0.137. The van der Waals surface area contributed by atoms with Crippen LogP contribution in [0.3, 0.4) is 0 Å². The zero-order valence-electron chi connectivity index (χ0n) is 12.8. The van der Waals surface area contributed by atoms with E-state index in [4.69, 9.17) is 5.11 Å². The summed E-state index contributed by atoms with van der Waals surface area (Å²) in [5.41, 5.74) is 0. The van der Waals surface area contributed by atoms with Crippen molar-refractivity contribution in [2.75, 3.05) is 45.8 Å². The number of carboxylic acids is 1. The van der Waals surface area contributed by atoms with Crippen LogP contribution in [0.4, 0.5) is 4.79 Å². The molecule has 6 nitrogen and oxygen atoms in total. The Bertz CT molecular complexity index is 326. The summed E-state index contributed by atoms with van der Waals surface area (Å²) in [7, 11) is 0. The van der Waals surface area contributed by atoms with Gasteiger partial charge in [0.2, 0.25) is 0 Å². The maximum atomic E-state index is 12.4. The number of hydrogen-bond acceptors (Lipinski definition) is 3. The molecule has 1 heterocycles. The number of urea groups is 1. The summed E-state index contributed by atoms with van der Waals surface area (Å²) < 4.78 is 0. The topological polar surface area (TPSA) is 64.1 Å². The Morgan fingerprint density at radius 1 is 1.20 bits per heavy atom. The molecule has 0 spiro atoms. The van der Waals surface area contributed by atoms with Gasteiger partial charge in [0.05, 0.1) is 0 Å². The summed E-state index contributed by atoms with van der Waals surface area (Å²) >= 11 is 0. The predicted octanol–water partition coefficient (Wildman–Crippen LogP) is 1.18. The molecule has 1 saturated heterocycles. The van der Waals surface area contributed by atoms with E-state index in [1.807, 2.05) is 13.8 Å². The van der Waals surface area contributed by atoms with E-state index in [-0.39, 0.29) is 18.5 Å². The summed E-state index contributed by atoms with van der Waals surface area (Å²) in [6, 6.07) is -0.141. The van der Waals surface area contributed by atoms with E-state index >= 15 is 0 Å². The second kappa shape index (κ2) is 8.09. The smallest absolute Gasteiger partial charge is 0.323 e. The van der Waals surface area contributed by atoms with E-state index in [0.717, 1.165) is 26.1 Å². The van der Waals surface area contributed by atoms with Crippen molar-refractivity contribution >= 4 is 12.0 Å². The first kappa shape index (κ1) is 16.8. The monoisotopic (exact) mass is 285 g/mol. The fourth-order valence-electron chi connectivity index (χ4n) is 2.49. The highest BCUT2D eigenvalue weighted by atomic mass is 16.4. The van der Waals surface area contributed by atoms with Crippen LogP contribution in [0.2, 0.25) is 0 Å². The minimum absolute atomic E-state index is 0.141. The van der Waals surface area contributed by atoms with Crippen LogP contribution in [-0.2, 0) is 4.79 Å². The van der Waals surface area contributed by atoms with Gasteiger partial charge in [-0.05, 0) is 18.9 Å². The number of carbonyl (C=O) groups excluding carboxylic acids is 1. The van der Waals surface area contributed by atoms with Gasteiger partial charge in [-0.3, -0.25) is 9.69 Å². The van der Waals surface area contributed by atoms with Gasteiger partial charge in [0.1, 0.15) is 6.54 Å². The molecule has 0 radical (unpaired) electrons. The lowest BCUT2D eigenvalue weighted by Gasteiger charge is -2.37. The third-order valence-electron chi connectivity index (χ3n) is 3.36. The van der Waals surface area contributed by atoms with Crippen LogP contribution in [0.1, 0.15) is 27.2 Å². The van der Waals surface area contributed by atoms with Crippen molar-refractivity contribution in [3.63, 3.8) is 0 Å². The van der Waals surface area contributed by atoms with Crippen LogP contribution in [0.25, 0.3) is 0 Å². The number of carbonyl (C=O) groups is 2. The molecule has 1 rings (SSSR count). The van der Waals surface area contributed by atoms with Crippen LogP contribution in [0, 0.1) is 5.92 Å². The third kappa shape index (κ3) is 5.36. The Kier molecular flexibility index (Phi) is 6.78. The number of carboxylic acid groups (broad SMARTS) is 1. The van der Waals surface area contributed by atoms with Gasteiger partial charge >= 0.3 is 12.0 Å². The van der Waals surface area contributed by atoms with Crippen molar-refractivity contribution in [2.45, 2.75) is 27.2 Å². The first-order valence-electron chi connectivity index (χ1n) is 7.42. The normalized spacial score (nSPS) is 16.5. The highest BCUT2D eigenvalue weighted by molar-refractivity contribution is 5.80. The van der Waals surface area contributed by atoms with Crippen molar-refractivity contribution in [1.82, 2.24) is 14.7 Å². The molecule has 0 saturated carbocycles. The predicted molar refractivity (Wildman–Crippen MR) is 77.7 cm³/mol. The number of amides is 2. The van der Waals surface area contributed by atoms with Crippen molar-refractivity contribution in [3.8, 4) is 0 Å². The quantitative estimate of drug-likeness (QED) is 0.796. The van der Waals surface area contributed by atoms with Gasteiger partial charge in [-0.25, -0.2) is 4.79 Å². The minimum Gasteiger partial charge on any atom is -0.480 e. The van der Waals surface area contributed by atoms with Crippen LogP contribution in [-0.4, -0.2) is 77.6 Å². The Morgan fingerprint density at radius 2 is 1.80 bits per heavy atom. The second-order valence-corrected chi connectivity index (χ2v) is 5.78. The summed E-state index contributed by atoms with van der Waals surface area (Å²) in [5, 5.41) is 8.94. The van der Waals surface area contributed by atoms with Gasteiger partial charge in [0.15, 0.2) is 0 Å². The van der Waals surface area contributed by atoms with Gasteiger partial charge in [0, 0.05) is 32.7 Å². The molecule has 1 aliphatic heterocycles. The highest BCUT2D eigenvalue weighted by Crippen LogP contribution is 2.08. The maximum Gasteiger partial charge on any atom is 0.323 e. The molecule has 20 heavy (non-hydrogen) atoms. The molecule has 0 aromatic carbocycles. The molecule has 0 aromatic heterocycles. The molecule has 1 N–H and O–H groups in total. The molecular weight excluding hydrogens is 258 g/mol. The number of rotatable bonds is 6. The Balaban J connectivity index is 2.54. The maximum absolute atomic E-state index is 12.4. The second-order valence-electron chi connectivity index (χ2n) is 5.78. The van der Waals surface area contributed by atoms with Gasteiger partial charge in [-0.1, -0.05) is 20.8 Å². The van der Waals surface area contributed by atoms with E-state index in [2.05, 4.69) is 11.8 Å². The van der Waals surface area contributed by atoms with E-state index in [9.17, 15) is 9.59 Å². The van der Waals surface area contributed by atoms with Crippen molar-refractivity contribution < 1.29 is 14.7 Å². The van der Waals surface area contributed by atoms with Crippen molar-refractivity contribution in [1.29, 1.82) is 0 Å². The van der Waals surface area contributed by atoms with Crippen LogP contribution in [0.5, 0.6) is 0 Å². The number of nitrogens with zero attached hydrogens (tertiary/aromatic N) is 3.